The Morgan fingerprint density at radius 1 is 1.00 bits per heavy atom. The Balaban J connectivity index is 2.18. The van der Waals surface area contributed by atoms with Gasteiger partial charge in [-0.25, -0.2) is 0 Å². The van der Waals surface area contributed by atoms with Gasteiger partial charge >= 0.3 is 0 Å². The number of carbonyl (C=O) groups is 1. The quantitative estimate of drug-likeness (QED) is 0.481. The number of nitro groups is 1. The molecule has 0 atom stereocenters. The van der Waals surface area contributed by atoms with Gasteiger partial charge in [-0.1, -0.05) is 24.3 Å². The summed E-state index contributed by atoms with van der Waals surface area (Å²) >= 11 is 0. The van der Waals surface area contributed by atoms with Gasteiger partial charge in [0.2, 0.25) is 0 Å². The molecule has 0 aliphatic heterocycles. The second kappa shape index (κ2) is 6.28. The number of Topliss-reactive ketones (excluding diaryl/α,β-unsaturated/α-hetero) is 1. The third kappa shape index (κ3) is 3.73. The highest BCUT2D eigenvalue weighted by Crippen LogP contribution is 2.22. The third-order valence-corrected chi connectivity index (χ3v) is 3.08. The van der Waals surface area contributed by atoms with Gasteiger partial charge in [-0.05, 0) is 37.4 Å². The van der Waals surface area contributed by atoms with Crippen molar-refractivity contribution in [1.82, 2.24) is 4.90 Å². The van der Waals surface area contributed by atoms with E-state index < -0.39 is 4.92 Å². The lowest BCUT2D eigenvalue weighted by molar-refractivity contribution is -0.384. The minimum Gasteiger partial charge on any atom is -0.302 e. The molecule has 2 aromatic carbocycles. The fraction of sp³-hybridized carbons (Fsp3) is 0.188. The van der Waals surface area contributed by atoms with E-state index in [9.17, 15) is 14.9 Å². The molecule has 0 fully saturated rings. The minimum absolute atomic E-state index is 0.0650. The molecule has 108 valence electrons. The Hall–Kier alpha value is -2.53. The van der Waals surface area contributed by atoms with Crippen LogP contribution in [0.25, 0.3) is 11.1 Å². The zero-order valence-electron chi connectivity index (χ0n) is 11.9. The van der Waals surface area contributed by atoms with E-state index in [-0.39, 0.29) is 11.5 Å². The lowest BCUT2D eigenvalue weighted by Crippen LogP contribution is -2.21. The van der Waals surface area contributed by atoms with Crippen LogP contribution >= 0.6 is 0 Å². The van der Waals surface area contributed by atoms with Gasteiger partial charge in [0.05, 0.1) is 11.5 Å². The normalized spacial score (nSPS) is 10.6. The van der Waals surface area contributed by atoms with Crippen molar-refractivity contribution in [2.45, 2.75) is 0 Å². The number of nitrogens with zero attached hydrogens (tertiary/aromatic N) is 2. The van der Waals surface area contributed by atoms with E-state index >= 15 is 0 Å². The van der Waals surface area contributed by atoms with Crippen LogP contribution in [0.15, 0.2) is 48.5 Å². The molecule has 0 bridgehead atoms. The second-order valence-corrected chi connectivity index (χ2v) is 5.04. The Labute approximate surface area is 123 Å². The van der Waals surface area contributed by atoms with Crippen LogP contribution in [0, 0.1) is 10.1 Å². The molecule has 0 unspecified atom stereocenters. The molecule has 0 spiro atoms. The molecule has 0 heterocycles. The average molecular weight is 284 g/mol. The van der Waals surface area contributed by atoms with E-state index in [4.69, 9.17) is 0 Å². The van der Waals surface area contributed by atoms with Crippen LogP contribution in [-0.2, 0) is 0 Å². The predicted molar refractivity (Wildman–Crippen MR) is 81.4 cm³/mol. The van der Waals surface area contributed by atoms with Crippen molar-refractivity contribution < 1.29 is 9.72 Å². The maximum Gasteiger partial charge on any atom is 0.269 e. The zero-order chi connectivity index (χ0) is 15.4. The number of rotatable bonds is 5. The smallest absolute Gasteiger partial charge is 0.269 e. The van der Waals surface area contributed by atoms with Crippen LogP contribution in [0.5, 0.6) is 0 Å². The number of benzene rings is 2. The molecule has 0 saturated heterocycles. The maximum atomic E-state index is 11.9. The summed E-state index contributed by atoms with van der Waals surface area (Å²) in [7, 11) is 3.70. The summed E-state index contributed by atoms with van der Waals surface area (Å²) < 4.78 is 0. The topological polar surface area (TPSA) is 63.5 Å². The van der Waals surface area contributed by atoms with E-state index in [0.29, 0.717) is 12.1 Å². The van der Waals surface area contributed by atoms with Crippen molar-refractivity contribution >= 4 is 11.5 Å². The molecule has 21 heavy (non-hydrogen) atoms. The summed E-state index contributed by atoms with van der Waals surface area (Å²) in [6.45, 7) is 0.372. The number of hydrogen-bond donors (Lipinski definition) is 0. The number of nitro benzene ring substituents is 1. The molecule has 5 nitrogen and oxygen atoms in total. The van der Waals surface area contributed by atoms with Crippen molar-refractivity contribution in [2.75, 3.05) is 20.6 Å². The maximum absolute atomic E-state index is 11.9. The molecule has 2 aromatic rings. The average Bonchev–Trinajstić information content (AvgIpc) is 2.47. The molecule has 0 aromatic heterocycles. The first kappa shape index (κ1) is 14.9. The Morgan fingerprint density at radius 2 is 1.48 bits per heavy atom. The fourth-order valence-corrected chi connectivity index (χ4v) is 2.00. The van der Waals surface area contributed by atoms with Gasteiger partial charge in [-0.15, -0.1) is 0 Å². The summed E-state index contributed by atoms with van der Waals surface area (Å²) in [6.07, 6.45) is 0. The highest BCUT2D eigenvalue weighted by Gasteiger charge is 2.08. The van der Waals surface area contributed by atoms with Gasteiger partial charge in [-0.2, -0.15) is 0 Å². The first-order valence-corrected chi connectivity index (χ1v) is 6.50. The molecule has 0 radical (unpaired) electrons. The van der Waals surface area contributed by atoms with E-state index in [1.54, 1.807) is 24.3 Å². The predicted octanol–water partition coefficient (Wildman–Crippen LogP) is 3.01. The first-order chi connectivity index (χ1) is 9.97. The third-order valence-electron chi connectivity index (χ3n) is 3.08. The molecule has 0 aliphatic rings. The standard InChI is InChI=1S/C16H16N2O3/c1-17(2)11-16(19)14-5-3-12(4-6-14)13-7-9-15(10-8-13)18(20)21/h3-10H,11H2,1-2H3. The van der Waals surface area contributed by atoms with Gasteiger partial charge in [0.25, 0.3) is 5.69 Å². The number of ketones is 1. The molecular formula is C16H16N2O3. The molecule has 5 heteroatoms. The van der Waals surface area contributed by atoms with Crippen molar-refractivity contribution in [3.8, 4) is 11.1 Å². The highest BCUT2D eigenvalue weighted by atomic mass is 16.6. The monoisotopic (exact) mass is 284 g/mol. The zero-order valence-corrected chi connectivity index (χ0v) is 11.9. The number of likely N-dealkylation sites (N-methyl/N-ethyl adjacent to an activating group) is 1. The lowest BCUT2D eigenvalue weighted by Gasteiger charge is -2.09. The Morgan fingerprint density at radius 3 is 1.90 bits per heavy atom. The Bertz CT molecular complexity index is 646. The van der Waals surface area contributed by atoms with Gasteiger partial charge in [0.1, 0.15) is 0 Å². The van der Waals surface area contributed by atoms with Crippen molar-refractivity contribution in [2.24, 2.45) is 0 Å². The van der Waals surface area contributed by atoms with Crippen LogP contribution in [0.3, 0.4) is 0 Å². The summed E-state index contributed by atoms with van der Waals surface area (Å²) in [4.78, 5) is 23.9. The van der Waals surface area contributed by atoms with E-state index in [1.807, 2.05) is 31.1 Å². The minimum atomic E-state index is -0.424. The van der Waals surface area contributed by atoms with E-state index in [0.717, 1.165) is 11.1 Å². The van der Waals surface area contributed by atoms with E-state index in [2.05, 4.69) is 0 Å². The van der Waals surface area contributed by atoms with Gasteiger partial charge in [0, 0.05) is 17.7 Å². The molecule has 0 amide bonds. The fourth-order valence-electron chi connectivity index (χ4n) is 2.00. The highest BCUT2D eigenvalue weighted by molar-refractivity contribution is 5.98. The first-order valence-electron chi connectivity index (χ1n) is 6.50. The lowest BCUT2D eigenvalue weighted by atomic mass is 10.0. The SMILES string of the molecule is CN(C)CC(=O)c1ccc(-c2ccc([N+](=O)[O-])cc2)cc1. The van der Waals surface area contributed by atoms with Crippen LogP contribution in [0.4, 0.5) is 5.69 Å². The summed E-state index contributed by atoms with van der Waals surface area (Å²) in [5.74, 6) is 0.0650. The van der Waals surface area contributed by atoms with Gasteiger partial charge < -0.3 is 4.90 Å². The molecule has 2 rings (SSSR count). The number of hydrogen-bond acceptors (Lipinski definition) is 4. The molecular weight excluding hydrogens is 268 g/mol. The van der Waals surface area contributed by atoms with Gasteiger partial charge in [-0.3, -0.25) is 14.9 Å². The van der Waals surface area contributed by atoms with E-state index in [1.165, 1.54) is 12.1 Å². The van der Waals surface area contributed by atoms with Crippen LogP contribution in [0.1, 0.15) is 10.4 Å². The van der Waals surface area contributed by atoms with Crippen LogP contribution in [-0.4, -0.2) is 36.2 Å². The van der Waals surface area contributed by atoms with Crippen molar-refractivity contribution in [3.05, 3.63) is 64.2 Å². The van der Waals surface area contributed by atoms with Gasteiger partial charge in [0.15, 0.2) is 5.78 Å². The number of non-ortho nitro benzene ring substituents is 1. The largest absolute Gasteiger partial charge is 0.302 e. The van der Waals surface area contributed by atoms with Crippen LogP contribution < -0.4 is 0 Å². The summed E-state index contributed by atoms with van der Waals surface area (Å²) in [5.41, 5.74) is 2.53. The molecule has 0 saturated carbocycles. The molecule has 0 aliphatic carbocycles. The van der Waals surface area contributed by atoms with Crippen molar-refractivity contribution in [3.63, 3.8) is 0 Å². The number of carbonyl (C=O) groups excluding carboxylic acids is 1. The second-order valence-electron chi connectivity index (χ2n) is 5.04. The van der Waals surface area contributed by atoms with Crippen LogP contribution in [0.2, 0.25) is 0 Å². The summed E-state index contributed by atoms with van der Waals surface area (Å²) in [6, 6.07) is 13.6. The Kier molecular flexibility index (Phi) is 4.45. The summed E-state index contributed by atoms with van der Waals surface area (Å²) in [5, 5.41) is 10.6. The van der Waals surface area contributed by atoms with Crippen molar-refractivity contribution in [1.29, 1.82) is 0 Å². The molecule has 0 N–H and O–H groups in total.